The maximum absolute atomic E-state index is 12.6. The number of nitrogens with one attached hydrogen (secondary N) is 1. The molecule has 2 N–H and O–H groups in total. The summed E-state index contributed by atoms with van der Waals surface area (Å²) in [5.41, 5.74) is -1.39. The van der Waals surface area contributed by atoms with E-state index in [1.54, 1.807) is 0 Å². The van der Waals surface area contributed by atoms with Crippen LogP contribution < -0.4 is 5.32 Å². The van der Waals surface area contributed by atoms with Gasteiger partial charge in [0.2, 0.25) is 5.91 Å². The Hall–Kier alpha value is -1.06. The van der Waals surface area contributed by atoms with Gasteiger partial charge in [0.25, 0.3) is 0 Å². The van der Waals surface area contributed by atoms with E-state index in [1.165, 1.54) is 6.42 Å². The summed E-state index contributed by atoms with van der Waals surface area (Å²) >= 11 is 0. The van der Waals surface area contributed by atoms with E-state index in [9.17, 15) is 14.7 Å². The fraction of sp³-hybridized carbons (Fsp3) is 0.875. The molecular formula is C16H27NO3. The van der Waals surface area contributed by atoms with Crippen LogP contribution in [-0.2, 0) is 9.59 Å². The molecule has 0 saturated heterocycles. The number of carbonyl (C=O) groups excluding carboxylic acids is 1. The van der Waals surface area contributed by atoms with Gasteiger partial charge in [0.1, 0.15) is 5.54 Å². The van der Waals surface area contributed by atoms with Crippen molar-refractivity contribution >= 4 is 11.9 Å². The van der Waals surface area contributed by atoms with Crippen LogP contribution in [0.4, 0.5) is 0 Å². The van der Waals surface area contributed by atoms with Gasteiger partial charge in [-0.05, 0) is 25.7 Å². The first-order valence-electron chi connectivity index (χ1n) is 8.05. The standard InChI is InChI=1S/C16H27NO3/c1-15(9-5-4-6-10-15)13(18)17-16(14(19)20)11-7-2-3-8-12-16/h2-12H2,1H3,(H,17,18)(H,19,20). The molecule has 0 radical (unpaired) electrons. The third-order valence-electron chi connectivity index (χ3n) is 5.22. The van der Waals surface area contributed by atoms with Crippen LogP contribution in [0.2, 0.25) is 0 Å². The zero-order valence-electron chi connectivity index (χ0n) is 12.5. The number of carbonyl (C=O) groups is 2. The van der Waals surface area contributed by atoms with Crippen molar-refractivity contribution in [1.82, 2.24) is 5.32 Å². The SMILES string of the molecule is CC1(C(=O)NC2(C(=O)O)CCCCCC2)CCCCC1. The minimum absolute atomic E-state index is 0.0403. The number of aliphatic carboxylic acids is 1. The summed E-state index contributed by atoms with van der Waals surface area (Å²) in [5, 5.41) is 12.6. The lowest BCUT2D eigenvalue weighted by molar-refractivity contribution is -0.150. The van der Waals surface area contributed by atoms with Crippen LogP contribution in [0.3, 0.4) is 0 Å². The minimum atomic E-state index is -1.02. The first-order valence-corrected chi connectivity index (χ1v) is 8.05. The smallest absolute Gasteiger partial charge is 0.329 e. The quantitative estimate of drug-likeness (QED) is 0.780. The summed E-state index contributed by atoms with van der Waals surface area (Å²) in [6, 6.07) is 0. The fourth-order valence-electron chi connectivity index (χ4n) is 3.65. The first-order chi connectivity index (χ1) is 9.49. The number of hydrogen-bond acceptors (Lipinski definition) is 2. The average Bonchev–Trinajstić information content (AvgIpc) is 2.66. The first kappa shape index (κ1) is 15.3. The highest BCUT2D eigenvalue weighted by atomic mass is 16.4. The second-order valence-electron chi connectivity index (χ2n) is 6.88. The van der Waals surface area contributed by atoms with Gasteiger partial charge < -0.3 is 10.4 Å². The number of amides is 1. The Morgan fingerprint density at radius 2 is 1.30 bits per heavy atom. The molecule has 2 saturated carbocycles. The summed E-state index contributed by atoms with van der Waals surface area (Å²) in [6.07, 6.45) is 10.2. The van der Waals surface area contributed by atoms with E-state index in [1.807, 2.05) is 6.92 Å². The third kappa shape index (κ3) is 3.15. The Bertz CT molecular complexity index is 364. The molecule has 0 spiro atoms. The third-order valence-corrected chi connectivity index (χ3v) is 5.22. The van der Waals surface area contributed by atoms with E-state index in [-0.39, 0.29) is 11.3 Å². The van der Waals surface area contributed by atoms with Crippen molar-refractivity contribution in [3.63, 3.8) is 0 Å². The molecule has 4 heteroatoms. The summed E-state index contributed by atoms with van der Waals surface area (Å²) in [6.45, 7) is 1.99. The Balaban J connectivity index is 2.11. The van der Waals surface area contributed by atoms with Gasteiger partial charge >= 0.3 is 5.97 Å². The van der Waals surface area contributed by atoms with Gasteiger partial charge in [-0.1, -0.05) is 51.9 Å². The van der Waals surface area contributed by atoms with E-state index in [2.05, 4.69) is 5.32 Å². The van der Waals surface area contributed by atoms with Gasteiger partial charge in [0.15, 0.2) is 0 Å². The van der Waals surface area contributed by atoms with Crippen molar-refractivity contribution in [2.45, 2.75) is 83.1 Å². The highest BCUT2D eigenvalue weighted by molar-refractivity contribution is 5.89. The second kappa shape index (κ2) is 6.15. The molecule has 2 aliphatic rings. The van der Waals surface area contributed by atoms with Crippen molar-refractivity contribution in [1.29, 1.82) is 0 Å². The second-order valence-corrected chi connectivity index (χ2v) is 6.88. The highest BCUT2D eigenvalue weighted by Crippen LogP contribution is 2.37. The molecule has 0 aromatic heterocycles. The van der Waals surface area contributed by atoms with Crippen molar-refractivity contribution in [3.8, 4) is 0 Å². The van der Waals surface area contributed by atoms with Gasteiger partial charge in [-0.2, -0.15) is 0 Å². The van der Waals surface area contributed by atoms with E-state index in [0.29, 0.717) is 12.8 Å². The van der Waals surface area contributed by atoms with E-state index in [4.69, 9.17) is 0 Å². The normalized spacial score (nSPS) is 25.4. The molecule has 0 heterocycles. The largest absolute Gasteiger partial charge is 0.480 e. The van der Waals surface area contributed by atoms with Gasteiger partial charge in [-0.15, -0.1) is 0 Å². The molecule has 0 bridgehead atoms. The van der Waals surface area contributed by atoms with E-state index >= 15 is 0 Å². The number of carboxylic acid groups (broad SMARTS) is 1. The molecular weight excluding hydrogens is 254 g/mol. The van der Waals surface area contributed by atoms with Crippen molar-refractivity contribution in [2.75, 3.05) is 0 Å². The average molecular weight is 281 g/mol. The molecule has 2 fully saturated rings. The lowest BCUT2D eigenvalue weighted by atomic mass is 9.74. The summed E-state index contributed by atoms with van der Waals surface area (Å²) < 4.78 is 0. The van der Waals surface area contributed by atoms with Crippen LogP contribution in [0.25, 0.3) is 0 Å². The van der Waals surface area contributed by atoms with Crippen LogP contribution in [0.1, 0.15) is 77.6 Å². The van der Waals surface area contributed by atoms with Gasteiger partial charge in [0, 0.05) is 5.41 Å². The number of rotatable bonds is 3. The maximum Gasteiger partial charge on any atom is 0.329 e. The molecule has 2 aliphatic carbocycles. The lowest BCUT2D eigenvalue weighted by Gasteiger charge is -2.37. The zero-order chi connectivity index (χ0) is 14.6. The topological polar surface area (TPSA) is 66.4 Å². The monoisotopic (exact) mass is 281 g/mol. The number of hydrogen-bond donors (Lipinski definition) is 2. The summed E-state index contributed by atoms with van der Waals surface area (Å²) in [4.78, 5) is 24.4. The minimum Gasteiger partial charge on any atom is -0.480 e. The van der Waals surface area contributed by atoms with Gasteiger partial charge in [-0.25, -0.2) is 4.79 Å². The van der Waals surface area contributed by atoms with E-state index in [0.717, 1.165) is 51.4 Å². The Labute approximate surface area is 121 Å². The molecule has 0 aromatic rings. The van der Waals surface area contributed by atoms with Crippen molar-refractivity contribution < 1.29 is 14.7 Å². The Morgan fingerprint density at radius 1 is 0.850 bits per heavy atom. The molecule has 0 atom stereocenters. The Morgan fingerprint density at radius 3 is 1.80 bits per heavy atom. The van der Waals surface area contributed by atoms with Crippen molar-refractivity contribution in [3.05, 3.63) is 0 Å². The predicted octanol–water partition coefficient (Wildman–Crippen LogP) is 3.25. The summed E-state index contributed by atoms with van der Waals surface area (Å²) in [7, 11) is 0. The van der Waals surface area contributed by atoms with Crippen molar-refractivity contribution in [2.24, 2.45) is 5.41 Å². The van der Waals surface area contributed by atoms with Gasteiger partial charge in [-0.3, -0.25) is 4.79 Å². The molecule has 0 aromatic carbocycles. The van der Waals surface area contributed by atoms with Crippen LogP contribution in [0, 0.1) is 5.41 Å². The molecule has 0 unspecified atom stereocenters. The molecule has 2 rings (SSSR count). The molecule has 1 amide bonds. The van der Waals surface area contributed by atoms with Crippen LogP contribution in [0.15, 0.2) is 0 Å². The molecule has 0 aliphatic heterocycles. The number of carboxylic acids is 1. The zero-order valence-corrected chi connectivity index (χ0v) is 12.5. The maximum atomic E-state index is 12.6. The van der Waals surface area contributed by atoms with Crippen LogP contribution in [-0.4, -0.2) is 22.5 Å². The van der Waals surface area contributed by atoms with Crippen LogP contribution in [0.5, 0.6) is 0 Å². The highest BCUT2D eigenvalue weighted by Gasteiger charge is 2.44. The Kier molecular flexibility index (Phi) is 4.71. The van der Waals surface area contributed by atoms with E-state index < -0.39 is 11.5 Å². The predicted molar refractivity (Wildman–Crippen MR) is 77.4 cm³/mol. The summed E-state index contributed by atoms with van der Waals surface area (Å²) in [5.74, 6) is -0.895. The fourth-order valence-corrected chi connectivity index (χ4v) is 3.65. The lowest BCUT2D eigenvalue weighted by Crippen LogP contribution is -2.57. The molecule has 20 heavy (non-hydrogen) atoms. The van der Waals surface area contributed by atoms with Gasteiger partial charge in [0.05, 0.1) is 0 Å². The molecule has 114 valence electrons. The van der Waals surface area contributed by atoms with Crippen LogP contribution >= 0.6 is 0 Å². The molecule has 4 nitrogen and oxygen atoms in total.